The number of ether oxygens (including phenoxy) is 1. The molecule has 0 aliphatic carbocycles. The van der Waals surface area contributed by atoms with Crippen molar-refractivity contribution in [1.82, 2.24) is 14.5 Å². The minimum Gasteiger partial charge on any atom is -0.492 e. The van der Waals surface area contributed by atoms with Crippen LogP contribution < -0.4 is 10.1 Å². The second kappa shape index (κ2) is 8.95. The largest absolute Gasteiger partial charge is 0.492 e. The molecule has 0 fully saturated rings. The number of carboxylic acids is 1. The van der Waals surface area contributed by atoms with E-state index in [4.69, 9.17) is 16.3 Å². The maximum Gasteiger partial charge on any atom is 0.349 e. The van der Waals surface area contributed by atoms with Gasteiger partial charge in [0.2, 0.25) is 0 Å². The lowest BCUT2D eigenvalue weighted by Crippen LogP contribution is -2.12. The van der Waals surface area contributed by atoms with E-state index in [0.717, 1.165) is 39.5 Å². The van der Waals surface area contributed by atoms with Crippen molar-refractivity contribution in [2.45, 2.75) is 20.4 Å². The quantitative estimate of drug-likeness (QED) is 0.372. The summed E-state index contributed by atoms with van der Waals surface area (Å²) in [5.74, 6) is 0.0126. The van der Waals surface area contributed by atoms with Crippen molar-refractivity contribution in [3.63, 3.8) is 0 Å². The highest BCUT2D eigenvalue weighted by atomic mass is 35.5. The number of halogens is 1. The maximum atomic E-state index is 11.5. The molecule has 0 aliphatic heterocycles. The molecule has 31 heavy (non-hydrogen) atoms. The molecule has 0 saturated heterocycles. The van der Waals surface area contributed by atoms with Crippen LogP contribution in [0.5, 0.6) is 5.75 Å². The van der Waals surface area contributed by atoms with E-state index in [-0.39, 0.29) is 4.88 Å². The molecule has 4 aromatic rings. The van der Waals surface area contributed by atoms with Crippen LogP contribution in [0.3, 0.4) is 0 Å². The Kier molecular flexibility index (Phi) is 6.11. The number of thiophene rings is 1. The molecule has 0 aliphatic rings. The summed E-state index contributed by atoms with van der Waals surface area (Å²) in [5, 5.41) is 14.5. The van der Waals surface area contributed by atoms with Crippen molar-refractivity contribution in [1.29, 1.82) is 0 Å². The fourth-order valence-electron chi connectivity index (χ4n) is 3.47. The van der Waals surface area contributed by atoms with Crippen molar-refractivity contribution in [2.24, 2.45) is 0 Å². The van der Waals surface area contributed by atoms with Crippen LogP contribution in [0.25, 0.3) is 21.5 Å². The van der Waals surface area contributed by atoms with Gasteiger partial charge in [-0.3, -0.25) is 0 Å². The third kappa shape index (κ3) is 4.35. The number of aromatic carboxylic acids is 1. The van der Waals surface area contributed by atoms with Crippen molar-refractivity contribution in [2.75, 3.05) is 18.5 Å². The van der Waals surface area contributed by atoms with E-state index in [1.54, 1.807) is 6.07 Å². The van der Waals surface area contributed by atoms with Gasteiger partial charge in [-0.05, 0) is 32.0 Å². The number of carbonyl (C=O) groups is 1. The predicted molar refractivity (Wildman–Crippen MR) is 124 cm³/mol. The minimum atomic E-state index is -1.01. The van der Waals surface area contributed by atoms with Gasteiger partial charge in [-0.25, -0.2) is 14.8 Å². The Hall–Kier alpha value is -3.10. The summed E-state index contributed by atoms with van der Waals surface area (Å²) in [6.45, 7) is 5.67. The first kappa shape index (κ1) is 21.1. The van der Waals surface area contributed by atoms with Crippen LogP contribution in [-0.2, 0) is 6.54 Å². The lowest BCUT2D eigenvalue weighted by molar-refractivity contribution is 0.0698. The van der Waals surface area contributed by atoms with E-state index in [9.17, 15) is 9.90 Å². The number of hydrogen-bond donors (Lipinski definition) is 2. The molecule has 0 spiro atoms. The first-order valence-electron chi connectivity index (χ1n) is 9.78. The number of nitrogens with zero attached hydrogens (tertiary/aromatic N) is 3. The summed E-state index contributed by atoms with van der Waals surface area (Å²) in [7, 11) is 0. The van der Waals surface area contributed by atoms with Gasteiger partial charge in [-0.15, -0.1) is 11.3 Å². The van der Waals surface area contributed by atoms with Gasteiger partial charge in [0.25, 0.3) is 0 Å². The molecule has 9 heteroatoms. The highest BCUT2D eigenvalue weighted by Gasteiger charge is 2.18. The molecule has 0 unspecified atom stereocenters. The van der Waals surface area contributed by atoms with Gasteiger partial charge >= 0.3 is 5.97 Å². The minimum absolute atomic E-state index is 0.165. The van der Waals surface area contributed by atoms with Gasteiger partial charge in [-0.1, -0.05) is 17.7 Å². The first-order chi connectivity index (χ1) is 15.0. The summed E-state index contributed by atoms with van der Waals surface area (Å²) in [4.78, 5) is 20.9. The second-order valence-electron chi connectivity index (χ2n) is 6.87. The fourth-order valence-corrected chi connectivity index (χ4v) is 4.61. The lowest BCUT2D eigenvalue weighted by atomic mass is 10.2. The molecule has 0 atom stereocenters. The Morgan fingerprint density at radius 1 is 1.29 bits per heavy atom. The van der Waals surface area contributed by atoms with E-state index in [0.29, 0.717) is 35.3 Å². The van der Waals surface area contributed by atoms with Crippen LogP contribution in [0.2, 0.25) is 5.02 Å². The zero-order valence-electron chi connectivity index (χ0n) is 17.1. The third-order valence-corrected chi connectivity index (χ3v) is 6.31. The zero-order chi connectivity index (χ0) is 22.0. The van der Waals surface area contributed by atoms with Crippen LogP contribution in [0.1, 0.15) is 22.3 Å². The van der Waals surface area contributed by atoms with Crippen molar-refractivity contribution < 1.29 is 14.6 Å². The van der Waals surface area contributed by atoms with Crippen LogP contribution in [0.4, 0.5) is 5.82 Å². The Morgan fingerprint density at radius 2 is 2.13 bits per heavy atom. The number of nitrogens with one attached hydrogen (secondary N) is 1. The van der Waals surface area contributed by atoms with Crippen LogP contribution in [0, 0.1) is 6.92 Å². The average Bonchev–Trinajstić information content (AvgIpc) is 3.31. The number of anilines is 1. The molecular formula is C22H21ClN4O3S. The van der Waals surface area contributed by atoms with E-state index >= 15 is 0 Å². The number of carboxylic acid groups (broad SMARTS) is 1. The number of aryl methyl sites for hydroxylation is 1. The van der Waals surface area contributed by atoms with E-state index in [1.807, 2.05) is 25.1 Å². The normalized spacial score (nSPS) is 11.1. The smallest absolute Gasteiger partial charge is 0.349 e. The molecular weight excluding hydrogens is 436 g/mol. The van der Waals surface area contributed by atoms with Gasteiger partial charge in [0.05, 0.1) is 17.2 Å². The Balaban J connectivity index is 1.50. The summed E-state index contributed by atoms with van der Waals surface area (Å²) in [5.41, 5.74) is 2.88. The van der Waals surface area contributed by atoms with Crippen LogP contribution >= 0.6 is 22.9 Å². The number of fused-ring (bicyclic) bond motifs is 1. The van der Waals surface area contributed by atoms with Gasteiger partial charge in [0, 0.05) is 46.8 Å². The Morgan fingerprint density at radius 3 is 2.90 bits per heavy atom. The lowest BCUT2D eigenvalue weighted by Gasteiger charge is -2.10. The van der Waals surface area contributed by atoms with E-state index in [1.165, 1.54) is 6.33 Å². The van der Waals surface area contributed by atoms with E-state index < -0.39 is 5.97 Å². The monoisotopic (exact) mass is 456 g/mol. The van der Waals surface area contributed by atoms with Crippen molar-refractivity contribution in [3.8, 4) is 16.3 Å². The van der Waals surface area contributed by atoms with E-state index in [2.05, 4.69) is 38.9 Å². The SMILES string of the molecule is CCOc1cc(-c2cc(NCCn3c(C)cc4c(Cl)cccc43)ncn2)sc1C(=O)O. The third-order valence-electron chi connectivity index (χ3n) is 4.85. The number of aromatic nitrogens is 3. The molecule has 3 heterocycles. The summed E-state index contributed by atoms with van der Waals surface area (Å²) >= 11 is 7.45. The standard InChI is InChI=1S/C22H21ClN4O3S/c1-3-30-18-11-19(31-21(18)22(28)29)16-10-20(26-12-25-16)24-7-8-27-13(2)9-14-15(23)5-4-6-17(14)27/h4-6,9-12H,3,7-8H2,1-2H3,(H,28,29)(H,24,25,26). The molecule has 3 aromatic heterocycles. The molecule has 0 bridgehead atoms. The summed E-state index contributed by atoms with van der Waals surface area (Å²) < 4.78 is 7.66. The highest BCUT2D eigenvalue weighted by molar-refractivity contribution is 7.17. The molecule has 4 rings (SSSR count). The number of hydrogen-bond acceptors (Lipinski definition) is 6. The van der Waals surface area contributed by atoms with Gasteiger partial charge in [-0.2, -0.15) is 0 Å². The molecule has 1 aromatic carbocycles. The van der Waals surface area contributed by atoms with Gasteiger partial charge in [0.1, 0.15) is 17.9 Å². The number of benzene rings is 1. The maximum absolute atomic E-state index is 11.5. The second-order valence-corrected chi connectivity index (χ2v) is 8.33. The summed E-state index contributed by atoms with van der Waals surface area (Å²) in [6, 6.07) is 11.5. The molecule has 160 valence electrons. The molecule has 0 amide bonds. The predicted octanol–water partition coefficient (Wildman–Crippen LogP) is 5.33. The van der Waals surface area contributed by atoms with Crippen LogP contribution in [-0.4, -0.2) is 38.8 Å². The Labute approximate surface area is 188 Å². The molecule has 7 nitrogen and oxygen atoms in total. The molecule has 0 radical (unpaired) electrons. The van der Waals surface area contributed by atoms with Crippen molar-refractivity contribution in [3.05, 3.63) is 58.3 Å². The fraction of sp³-hybridized carbons (Fsp3) is 0.227. The molecule has 0 saturated carbocycles. The van der Waals surface area contributed by atoms with Crippen molar-refractivity contribution >= 4 is 45.6 Å². The molecule has 2 N–H and O–H groups in total. The van der Waals surface area contributed by atoms with Gasteiger partial charge < -0.3 is 19.7 Å². The zero-order valence-corrected chi connectivity index (χ0v) is 18.6. The van der Waals surface area contributed by atoms with Gasteiger partial charge in [0.15, 0.2) is 4.88 Å². The highest BCUT2D eigenvalue weighted by Crippen LogP contribution is 2.36. The summed E-state index contributed by atoms with van der Waals surface area (Å²) in [6.07, 6.45) is 1.47. The average molecular weight is 457 g/mol. The van der Waals surface area contributed by atoms with Crippen LogP contribution in [0.15, 0.2) is 42.7 Å². The Bertz CT molecular complexity index is 1250. The number of rotatable bonds is 8. The first-order valence-corrected chi connectivity index (χ1v) is 11.0. The topological polar surface area (TPSA) is 89.3 Å².